The van der Waals surface area contributed by atoms with E-state index in [4.69, 9.17) is 4.74 Å². The van der Waals surface area contributed by atoms with Crippen LogP contribution in [0, 0.1) is 21.7 Å². The summed E-state index contributed by atoms with van der Waals surface area (Å²) in [7, 11) is 0. The normalized spacial score (nSPS) is 10.6. The molecule has 1 aromatic carbocycles. The fourth-order valence-electron chi connectivity index (χ4n) is 1.37. The molecule has 100 valence electrons. The number of nitro benzene ring substituents is 1. The zero-order valence-electron chi connectivity index (χ0n) is 9.91. The van der Waals surface area contributed by atoms with Crippen LogP contribution in [0.3, 0.4) is 0 Å². The Balaban J connectivity index is 2.65. The van der Waals surface area contributed by atoms with Crippen molar-refractivity contribution in [3.05, 3.63) is 39.4 Å². The Kier molecular flexibility index (Phi) is 5.60. The van der Waals surface area contributed by atoms with Gasteiger partial charge < -0.3 is 10.1 Å². The molecule has 0 saturated carbocycles. The van der Waals surface area contributed by atoms with Crippen molar-refractivity contribution in [1.82, 2.24) is 5.32 Å². The number of nitro groups is 1. The van der Waals surface area contributed by atoms with E-state index in [2.05, 4.69) is 5.32 Å². The van der Waals surface area contributed by atoms with E-state index in [0.717, 1.165) is 6.07 Å². The molecule has 0 unspecified atom stereocenters. The lowest BCUT2D eigenvalue weighted by atomic mass is 10.2. The molecule has 0 heterocycles. The van der Waals surface area contributed by atoms with Crippen LogP contribution >= 0.6 is 0 Å². The molecular weight excluding hydrogens is 246 g/mol. The van der Waals surface area contributed by atoms with Gasteiger partial charge in [-0.1, -0.05) is 0 Å². The van der Waals surface area contributed by atoms with E-state index >= 15 is 0 Å². The summed E-state index contributed by atoms with van der Waals surface area (Å²) in [6.45, 7) is 3.46. The smallest absolute Gasteiger partial charge is 0.305 e. The van der Waals surface area contributed by atoms with Gasteiger partial charge in [0.1, 0.15) is 5.82 Å². The van der Waals surface area contributed by atoms with Gasteiger partial charge in [0.2, 0.25) is 5.82 Å². The molecule has 0 spiro atoms. The average Bonchev–Trinajstić information content (AvgIpc) is 2.30. The van der Waals surface area contributed by atoms with E-state index in [1.54, 1.807) is 0 Å². The summed E-state index contributed by atoms with van der Waals surface area (Å²) >= 11 is 0. The van der Waals surface area contributed by atoms with E-state index in [0.29, 0.717) is 25.8 Å². The summed E-state index contributed by atoms with van der Waals surface area (Å²) in [4.78, 5) is 9.63. The fourth-order valence-corrected chi connectivity index (χ4v) is 1.37. The van der Waals surface area contributed by atoms with Crippen LogP contribution in [-0.2, 0) is 11.3 Å². The summed E-state index contributed by atoms with van der Waals surface area (Å²) in [6, 6.07) is 1.43. The van der Waals surface area contributed by atoms with Gasteiger partial charge >= 0.3 is 5.69 Å². The van der Waals surface area contributed by atoms with Crippen LogP contribution in [0.15, 0.2) is 12.1 Å². The monoisotopic (exact) mass is 260 g/mol. The third kappa shape index (κ3) is 4.01. The van der Waals surface area contributed by atoms with Crippen LogP contribution in [0.25, 0.3) is 0 Å². The molecule has 1 N–H and O–H groups in total. The second kappa shape index (κ2) is 6.97. The van der Waals surface area contributed by atoms with E-state index < -0.39 is 22.2 Å². The Morgan fingerprint density at radius 3 is 2.72 bits per heavy atom. The van der Waals surface area contributed by atoms with Crippen LogP contribution in [0.4, 0.5) is 14.5 Å². The number of nitrogens with one attached hydrogen (secondary N) is 1. The quantitative estimate of drug-likeness (QED) is 0.462. The molecule has 1 aromatic rings. The molecule has 0 aliphatic rings. The van der Waals surface area contributed by atoms with Gasteiger partial charge in [0, 0.05) is 37.4 Å². The Morgan fingerprint density at radius 1 is 1.39 bits per heavy atom. The number of nitrogens with zero attached hydrogens (tertiary/aromatic N) is 1. The third-order valence-electron chi connectivity index (χ3n) is 2.26. The third-order valence-corrected chi connectivity index (χ3v) is 2.26. The van der Waals surface area contributed by atoms with Crippen molar-refractivity contribution >= 4 is 5.69 Å². The summed E-state index contributed by atoms with van der Waals surface area (Å²) in [5.41, 5.74) is -0.669. The zero-order chi connectivity index (χ0) is 13.5. The summed E-state index contributed by atoms with van der Waals surface area (Å²) in [5.74, 6) is -1.97. The van der Waals surface area contributed by atoms with E-state index in [9.17, 15) is 18.9 Å². The number of ether oxygens (including phenoxy) is 1. The van der Waals surface area contributed by atoms with Gasteiger partial charge in [0.05, 0.1) is 11.5 Å². The second-order valence-electron chi connectivity index (χ2n) is 3.53. The minimum atomic E-state index is -1.17. The highest BCUT2D eigenvalue weighted by molar-refractivity contribution is 5.37. The summed E-state index contributed by atoms with van der Waals surface area (Å²) in [5, 5.41) is 13.4. The first-order valence-electron chi connectivity index (χ1n) is 5.47. The van der Waals surface area contributed by atoms with Gasteiger partial charge in [-0.3, -0.25) is 10.1 Å². The maximum absolute atomic E-state index is 13.3. The highest BCUT2D eigenvalue weighted by Crippen LogP contribution is 2.21. The largest absolute Gasteiger partial charge is 0.380 e. The van der Waals surface area contributed by atoms with E-state index in [1.165, 1.54) is 0 Å². The van der Waals surface area contributed by atoms with Crippen molar-refractivity contribution in [2.24, 2.45) is 0 Å². The first-order chi connectivity index (χ1) is 8.56. The molecule has 0 aromatic heterocycles. The fraction of sp³-hybridized carbons (Fsp3) is 0.455. The molecule has 0 aliphatic carbocycles. The second-order valence-corrected chi connectivity index (χ2v) is 3.53. The predicted molar refractivity (Wildman–Crippen MR) is 61.2 cm³/mol. The average molecular weight is 260 g/mol. The highest BCUT2D eigenvalue weighted by Gasteiger charge is 2.17. The maximum atomic E-state index is 13.3. The van der Waals surface area contributed by atoms with E-state index in [-0.39, 0.29) is 12.1 Å². The Morgan fingerprint density at radius 2 is 2.11 bits per heavy atom. The molecule has 18 heavy (non-hydrogen) atoms. The molecular formula is C11H14F2N2O3. The lowest BCUT2D eigenvalue weighted by Crippen LogP contribution is -2.20. The molecule has 0 bridgehead atoms. The van der Waals surface area contributed by atoms with Crippen molar-refractivity contribution in [2.75, 3.05) is 19.8 Å². The predicted octanol–water partition coefficient (Wildman–Crippen LogP) is 2.00. The van der Waals surface area contributed by atoms with Gasteiger partial charge in [-0.2, -0.15) is 4.39 Å². The van der Waals surface area contributed by atoms with Crippen molar-refractivity contribution in [2.45, 2.75) is 13.5 Å². The molecule has 0 amide bonds. The van der Waals surface area contributed by atoms with Crippen molar-refractivity contribution < 1.29 is 18.4 Å². The summed E-state index contributed by atoms with van der Waals surface area (Å²) < 4.78 is 31.4. The summed E-state index contributed by atoms with van der Waals surface area (Å²) in [6.07, 6.45) is 0. The van der Waals surface area contributed by atoms with Crippen LogP contribution in [-0.4, -0.2) is 24.7 Å². The Hall–Kier alpha value is -1.60. The minimum Gasteiger partial charge on any atom is -0.380 e. The lowest BCUT2D eigenvalue weighted by molar-refractivity contribution is -0.387. The Bertz CT molecular complexity index is 427. The van der Waals surface area contributed by atoms with Crippen LogP contribution in [0.1, 0.15) is 12.5 Å². The van der Waals surface area contributed by atoms with Crippen molar-refractivity contribution in [3.63, 3.8) is 0 Å². The first-order valence-corrected chi connectivity index (χ1v) is 5.47. The van der Waals surface area contributed by atoms with Gasteiger partial charge in [-0.05, 0) is 6.92 Å². The van der Waals surface area contributed by atoms with Crippen molar-refractivity contribution in [1.29, 1.82) is 0 Å². The maximum Gasteiger partial charge on any atom is 0.305 e. The molecule has 0 atom stereocenters. The molecule has 0 saturated heterocycles. The van der Waals surface area contributed by atoms with Crippen LogP contribution < -0.4 is 5.32 Å². The van der Waals surface area contributed by atoms with Crippen LogP contribution in [0.5, 0.6) is 0 Å². The topological polar surface area (TPSA) is 64.4 Å². The number of halogens is 2. The van der Waals surface area contributed by atoms with Crippen molar-refractivity contribution in [3.8, 4) is 0 Å². The lowest BCUT2D eigenvalue weighted by Gasteiger charge is -2.06. The molecule has 0 fully saturated rings. The minimum absolute atomic E-state index is 0.0552. The molecule has 5 nitrogen and oxygen atoms in total. The molecule has 7 heteroatoms. The zero-order valence-corrected chi connectivity index (χ0v) is 9.91. The van der Waals surface area contributed by atoms with E-state index in [1.807, 2.05) is 6.92 Å². The number of hydrogen-bond acceptors (Lipinski definition) is 4. The highest BCUT2D eigenvalue weighted by atomic mass is 19.1. The number of rotatable bonds is 7. The molecule has 0 radical (unpaired) electrons. The standard InChI is InChI=1S/C11H14F2N2O3/c1-2-18-4-3-14-7-8-5-11(15(16)17)10(13)6-9(8)12/h5-6,14H,2-4,7H2,1H3. The Labute approximate surface area is 103 Å². The molecule has 1 rings (SSSR count). The molecule has 0 aliphatic heterocycles. The first kappa shape index (κ1) is 14.5. The van der Waals surface area contributed by atoms with Gasteiger partial charge in [0.15, 0.2) is 0 Å². The van der Waals surface area contributed by atoms with Gasteiger partial charge in [-0.25, -0.2) is 4.39 Å². The number of hydrogen-bond donors (Lipinski definition) is 1. The number of benzene rings is 1. The van der Waals surface area contributed by atoms with Crippen LogP contribution in [0.2, 0.25) is 0 Å². The SMILES string of the molecule is CCOCCNCc1cc([N+](=O)[O-])c(F)cc1F. The van der Waals surface area contributed by atoms with Gasteiger partial charge in [0.25, 0.3) is 0 Å². The van der Waals surface area contributed by atoms with Gasteiger partial charge in [-0.15, -0.1) is 0 Å².